The lowest BCUT2D eigenvalue weighted by Gasteiger charge is -2.35. The number of benzene rings is 1. The van der Waals surface area contributed by atoms with Crippen LogP contribution in [0.1, 0.15) is 28.5 Å². The van der Waals surface area contributed by atoms with Crippen LogP contribution in [0.4, 0.5) is 5.82 Å². The lowest BCUT2D eigenvalue weighted by atomic mass is 9.97. The zero-order valence-electron chi connectivity index (χ0n) is 16.1. The van der Waals surface area contributed by atoms with Crippen LogP contribution in [0, 0.1) is 6.92 Å². The van der Waals surface area contributed by atoms with E-state index in [0.29, 0.717) is 12.3 Å². The van der Waals surface area contributed by atoms with Crippen molar-refractivity contribution in [1.82, 2.24) is 15.4 Å². The van der Waals surface area contributed by atoms with Gasteiger partial charge in [0.2, 0.25) is 0 Å². The van der Waals surface area contributed by atoms with Gasteiger partial charge in [0.25, 0.3) is 0 Å². The van der Waals surface area contributed by atoms with Crippen molar-refractivity contribution in [2.45, 2.75) is 25.9 Å². The third-order valence-corrected chi connectivity index (χ3v) is 5.76. The molecule has 2 aromatic heterocycles. The summed E-state index contributed by atoms with van der Waals surface area (Å²) in [6.07, 6.45) is 0.969. The minimum absolute atomic E-state index is 0.000603. The number of hydrogen-bond acceptors (Lipinski definition) is 6. The Morgan fingerprint density at radius 3 is 2.79 bits per heavy atom. The predicted octanol–water partition coefficient (Wildman–Crippen LogP) is 2.90. The molecule has 0 aliphatic carbocycles. The van der Waals surface area contributed by atoms with E-state index in [4.69, 9.17) is 4.52 Å². The van der Waals surface area contributed by atoms with Crippen LogP contribution in [0.25, 0.3) is 0 Å². The summed E-state index contributed by atoms with van der Waals surface area (Å²) in [5.74, 6) is -0.664. The summed E-state index contributed by atoms with van der Waals surface area (Å²) in [4.78, 5) is 26.8. The minimum Gasteiger partial charge on any atom is -0.360 e. The summed E-state index contributed by atoms with van der Waals surface area (Å²) < 4.78 is 4.90. The second kappa shape index (κ2) is 8.59. The third-order valence-electron chi connectivity index (χ3n) is 5.06. The maximum Gasteiger partial charge on any atom is 0.314 e. The molecule has 0 radical (unpaired) electrons. The van der Waals surface area contributed by atoms with Gasteiger partial charge in [-0.3, -0.25) is 19.8 Å². The van der Waals surface area contributed by atoms with Crippen molar-refractivity contribution in [3.8, 4) is 0 Å². The van der Waals surface area contributed by atoms with Crippen LogP contribution in [-0.4, -0.2) is 35.0 Å². The summed E-state index contributed by atoms with van der Waals surface area (Å²) in [6.45, 7) is 3.78. The van der Waals surface area contributed by atoms with Crippen LogP contribution in [0.15, 0.2) is 51.7 Å². The first-order chi connectivity index (χ1) is 14.1. The number of thiophene rings is 1. The summed E-state index contributed by atoms with van der Waals surface area (Å²) in [7, 11) is 0. The maximum absolute atomic E-state index is 12.3. The molecular weight excluding hydrogens is 388 g/mol. The number of anilines is 1. The van der Waals surface area contributed by atoms with Gasteiger partial charge in [0.1, 0.15) is 5.76 Å². The molecule has 1 aliphatic rings. The Hall–Kier alpha value is -2.97. The molecule has 2 N–H and O–H groups in total. The van der Waals surface area contributed by atoms with Gasteiger partial charge >= 0.3 is 11.8 Å². The highest BCUT2D eigenvalue weighted by Gasteiger charge is 2.26. The lowest BCUT2D eigenvalue weighted by Crippen LogP contribution is -2.43. The van der Waals surface area contributed by atoms with Crippen LogP contribution >= 0.6 is 11.3 Å². The van der Waals surface area contributed by atoms with Gasteiger partial charge in [-0.15, -0.1) is 0 Å². The van der Waals surface area contributed by atoms with E-state index in [9.17, 15) is 9.59 Å². The first-order valence-electron chi connectivity index (χ1n) is 9.45. The molecular formula is C21H22N4O3S. The van der Waals surface area contributed by atoms with Gasteiger partial charge < -0.3 is 9.84 Å². The molecule has 2 amide bonds. The van der Waals surface area contributed by atoms with Crippen LogP contribution in [0.2, 0.25) is 0 Å². The van der Waals surface area contributed by atoms with E-state index in [1.54, 1.807) is 24.3 Å². The van der Waals surface area contributed by atoms with Crippen molar-refractivity contribution in [3.05, 3.63) is 69.6 Å². The van der Waals surface area contributed by atoms with Gasteiger partial charge in [-0.05, 0) is 46.9 Å². The molecule has 0 unspecified atom stereocenters. The maximum atomic E-state index is 12.3. The lowest BCUT2D eigenvalue weighted by molar-refractivity contribution is -0.136. The highest BCUT2D eigenvalue weighted by atomic mass is 32.1. The molecule has 0 bridgehead atoms. The molecule has 3 aromatic rings. The average molecular weight is 410 g/mol. The molecule has 1 aromatic carbocycles. The molecule has 4 rings (SSSR count). The van der Waals surface area contributed by atoms with Gasteiger partial charge in [0.15, 0.2) is 5.82 Å². The number of hydrogen-bond donors (Lipinski definition) is 2. The number of nitrogens with zero attached hydrogens (tertiary/aromatic N) is 2. The molecule has 0 saturated carbocycles. The van der Waals surface area contributed by atoms with Gasteiger partial charge in [-0.2, -0.15) is 11.3 Å². The van der Waals surface area contributed by atoms with Crippen LogP contribution < -0.4 is 10.6 Å². The quantitative estimate of drug-likeness (QED) is 0.632. The molecule has 1 atom stereocenters. The number of aryl methyl sites for hydroxylation is 1. The Kier molecular flexibility index (Phi) is 5.73. The largest absolute Gasteiger partial charge is 0.360 e. The number of carbonyl (C=O) groups excluding carboxylic acids is 2. The molecule has 29 heavy (non-hydrogen) atoms. The van der Waals surface area contributed by atoms with E-state index >= 15 is 0 Å². The van der Waals surface area contributed by atoms with Gasteiger partial charge in [0, 0.05) is 25.7 Å². The molecule has 0 fully saturated rings. The fraction of sp³-hybridized carbons (Fsp3) is 0.286. The minimum atomic E-state index is -0.758. The predicted molar refractivity (Wildman–Crippen MR) is 110 cm³/mol. The molecule has 8 heteroatoms. The van der Waals surface area contributed by atoms with Crippen molar-refractivity contribution < 1.29 is 14.1 Å². The Bertz CT molecular complexity index is 999. The number of fused-ring (bicyclic) bond motifs is 1. The molecule has 3 heterocycles. The second-order valence-electron chi connectivity index (χ2n) is 7.05. The Morgan fingerprint density at radius 2 is 2.07 bits per heavy atom. The normalized spacial score (nSPS) is 14.8. The molecule has 7 nitrogen and oxygen atoms in total. The van der Waals surface area contributed by atoms with Crippen molar-refractivity contribution in [2.75, 3.05) is 18.4 Å². The fourth-order valence-electron chi connectivity index (χ4n) is 3.57. The van der Waals surface area contributed by atoms with Crippen molar-refractivity contribution in [3.63, 3.8) is 0 Å². The third kappa shape index (κ3) is 4.55. The van der Waals surface area contributed by atoms with Gasteiger partial charge in [-0.1, -0.05) is 29.4 Å². The zero-order chi connectivity index (χ0) is 20.2. The summed E-state index contributed by atoms with van der Waals surface area (Å²) in [5.41, 5.74) is 3.82. The summed E-state index contributed by atoms with van der Waals surface area (Å²) >= 11 is 1.62. The van der Waals surface area contributed by atoms with Crippen molar-refractivity contribution >= 4 is 29.0 Å². The molecule has 0 saturated heterocycles. The van der Waals surface area contributed by atoms with E-state index in [1.165, 1.54) is 11.1 Å². The van der Waals surface area contributed by atoms with Gasteiger partial charge in [-0.25, -0.2) is 0 Å². The zero-order valence-corrected chi connectivity index (χ0v) is 16.9. The van der Waals surface area contributed by atoms with E-state index in [0.717, 1.165) is 25.1 Å². The average Bonchev–Trinajstić information content (AvgIpc) is 3.40. The summed E-state index contributed by atoms with van der Waals surface area (Å²) in [6, 6.07) is 12.1. The van der Waals surface area contributed by atoms with Gasteiger partial charge in [0.05, 0.1) is 6.04 Å². The van der Waals surface area contributed by atoms with E-state index in [-0.39, 0.29) is 11.9 Å². The Labute approximate surface area is 172 Å². The monoisotopic (exact) mass is 410 g/mol. The highest BCUT2D eigenvalue weighted by molar-refractivity contribution is 7.08. The SMILES string of the molecule is Cc1cc(NC(=O)C(=O)NC[C@H](c2ccsc2)N2CCc3ccccc3C2)no1. The Balaban J connectivity index is 1.42. The number of nitrogens with one attached hydrogen (secondary N) is 2. The second-order valence-corrected chi connectivity index (χ2v) is 7.83. The van der Waals surface area contributed by atoms with E-state index in [2.05, 4.69) is 56.4 Å². The van der Waals surface area contributed by atoms with Crippen molar-refractivity contribution in [2.24, 2.45) is 0 Å². The number of rotatable bonds is 5. The van der Waals surface area contributed by atoms with Crippen LogP contribution in [0.5, 0.6) is 0 Å². The first kappa shape index (κ1) is 19.4. The van der Waals surface area contributed by atoms with E-state index < -0.39 is 11.8 Å². The number of amides is 2. The number of carbonyl (C=O) groups is 2. The van der Waals surface area contributed by atoms with Crippen LogP contribution in [0.3, 0.4) is 0 Å². The molecule has 150 valence electrons. The van der Waals surface area contributed by atoms with Crippen LogP contribution in [-0.2, 0) is 22.6 Å². The number of aromatic nitrogens is 1. The smallest absolute Gasteiger partial charge is 0.314 e. The Morgan fingerprint density at radius 1 is 1.24 bits per heavy atom. The van der Waals surface area contributed by atoms with E-state index in [1.807, 2.05) is 5.38 Å². The highest BCUT2D eigenvalue weighted by Crippen LogP contribution is 2.28. The summed E-state index contributed by atoms with van der Waals surface area (Å²) in [5, 5.41) is 13.0. The van der Waals surface area contributed by atoms with Crippen molar-refractivity contribution in [1.29, 1.82) is 0 Å². The molecule has 0 spiro atoms. The first-order valence-corrected chi connectivity index (χ1v) is 10.4. The fourth-order valence-corrected chi connectivity index (χ4v) is 4.28. The standard InChI is InChI=1S/C21H22N4O3S/c1-14-10-19(24-28-14)23-21(27)20(26)22-11-18(17-7-9-29-13-17)25-8-6-15-4-2-3-5-16(15)12-25/h2-5,7,9-10,13,18H,6,8,11-12H2,1H3,(H,22,26)(H,23,24,27)/t18-/m1/s1. The topological polar surface area (TPSA) is 87.5 Å². The molecule has 1 aliphatic heterocycles.